The number of nitrogens with two attached hydrogens (primary N) is 1. The van der Waals surface area contributed by atoms with Crippen molar-refractivity contribution in [1.82, 2.24) is 9.78 Å². The smallest absolute Gasteiger partial charge is 0.316 e. The van der Waals surface area contributed by atoms with Crippen molar-refractivity contribution in [1.29, 1.82) is 0 Å². The van der Waals surface area contributed by atoms with Crippen LogP contribution in [-0.4, -0.2) is 14.7 Å². The number of nitrogen functional groups attached to an aromatic ring is 1. The molecular formula is C12H16N6O2. The maximum atomic E-state index is 11.2. The summed E-state index contributed by atoms with van der Waals surface area (Å²) in [5.41, 5.74) is 4.44. The van der Waals surface area contributed by atoms with Gasteiger partial charge in [0.15, 0.2) is 0 Å². The van der Waals surface area contributed by atoms with Crippen LogP contribution in [0, 0.1) is 10.1 Å². The molecule has 0 unspecified atom stereocenters. The lowest BCUT2D eigenvalue weighted by Crippen LogP contribution is -2.10. The number of nitrogens with zero attached hydrogens (tertiary/aromatic N) is 3. The van der Waals surface area contributed by atoms with Crippen LogP contribution in [0.15, 0.2) is 24.4 Å². The average molecular weight is 276 g/mol. The Kier molecular flexibility index (Phi) is 3.85. The number of nitrogens with one attached hydrogen (secondary N) is 2. The van der Waals surface area contributed by atoms with E-state index in [1.165, 1.54) is 0 Å². The molecule has 1 heterocycles. The maximum Gasteiger partial charge on any atom is 0.316 e. The van der Waals surface area contributed by atoms with E-state index in [1.807, 2.05) is 6.92 Å². The number of para-hydroxylation sites is 1. The summed E-state index contributed by atoms with van der Waals surface area (Å²) in [6, 6.07) is 4.87. The number of nitro benzene ring substituents is 1. The van der Waals surface area contributed by atoms with Gasteiger partial charge < -0.3 is 10.7 Å². The molecule has 8 nitrogen and oxygen atoms in total. The lowest BCUT2D eigenvalue weighted by atomic mass is 10.2. The molecule has 0 radical (unpaired) electrons. The number of rotatable bonds is 5. The minimum absolute atomic E-state index is 0.0964. The Hall–Kier alpha value is -2.61. The number of hydrazine groups is 1. The fourth-order valence-electron chi connectivity index (χ4n) is 2.00. The van der Waals surface area contributed by atoms with Gasteiger partial charge in [-0.05, 0) is 18.6 Å². The quantitative estimate of drug-likeness (QED) is 0.437. The standard InChI is InChI=1S/C12H16N6O2/c1-3-8-11(7-17(2)16-8)14-9-5-4-6-10(15-13)12(9)18(19)20/h4-7,14-15H,3,13H2,1-2H3. The molecule has 8 heteroatoms. The minimum Gasteiger partial charge on any atom is -0.347 e. The summed E-state index contributed by atoms with van der Waals surface area (Å²) >= 11 is 0. The number of benzene rings is 1. The summed E-state index contributed by atoms with van der Waals surface area (Å²) in [5.74, 6) is 5.31. The van der Waals surface area contributed by atoms with Crippen LogP contribution >= 0.6 is 0 Å². The molecule has 0 saturated heterocycles. The van der Waals surface area contributed by atoms with E-state index in [-0.39, 0.29) is 11.4 Å². The Morgan fingerprint density at radius 3 is 2.70 bits per heavy atom. The van der Waals surface area contributed by atoms with Crippen LogP contribution < -0.4 is 16.6 Å². The van der Waals surface area contributed by atoms with Gasteiger partial charge in [0.1, 0.15) is 11.4 Å². The van der Waals surface area contributed by atoms with E-state index in [9.17, 15) is 10.1 Å². The molecule has 0 aliphatic heterocycles. The number of hydrogen-bond acceptors (Lipinski definition) is 6. The van der Waals surface area contributed by atoms with E-state index in [1.54, 1.807) is 36.1 Å². The van der Waals surface area contributed by atoms with Gasteiger partial charge in [0, 0.05) is 13.2 Å². The Bertz CT molecular complexity index is 637. The fourth-order valence-corrected chi connectivity index (χ4v) is 2.00. The summed E-state index contributed by atoms with van der Waals surface area (Å²) in [6.45, 7) is 1.97. The van der Waals surface area contributed by atoms with E-state index < -0.39 is 4.92 Å². The third kappa shape index (κ3) is 2.54. The van der Waals surface area contributed by atoms with E-state index in [2.05, 4.69) is 15.8 Å². The molecule has 2 rings (SSSR count). The van der Waals surface area contributed by atoms with Crippen molar-refractivity contribution in [3.8, 4) is 0 Å². The van der Waals surface area contributed by atoms with Crippen LogP contribution in [0.1, 0.15) is 12.6 Å². The van der Waals surface area contributed by atoms with Crippen LogP contribution in [-0.2, 0) is 13.5 Å². The lowest BCUT2D eigenvalue weighted by Gasteiger charge is -2.09. The van der Waals surface area contributed by atoms with Crippen LogP contribution in [0.4, 0.5) is 22.7 Å². The summed E-state index contributed by atoms with van der Waals surface area (Å²) in [6.07, 6.45) is 2.51. The zero-order valence-corrected chi connectivity index (χ0v) is 11.3. The molecule has 0 fully saturated rings. The molecule has 2 aromatic rings. The third-order valence-corrected chi connectivity index (χ3v) is 2.88. The van der Waals surface area contributed by atoms with Gasteiger partial charge in [0.05, 0.1) is 16.3 Å². The lowest BCUT2D eigenvalue weighted by molar-refractivity contribution is -0.383. The molecule has 106 valence electrons. The predicted molar refractivity (Wildman–Crippen MR) is 76.8 cm³/mol. The van der Waals surface area contributed by atoms with Crippen molar-refractivity contribution >= 4 is 22.7 Å². The molecular weight excluding hydrogens is 260 g/mol. The highest BCUT2D eigenvalue weighted by molar-refractivity contribution is 5.79. The van der Waals surface area contributed by atoms with Gasteiger partial charge in [-0.3, -0.25) is 20.6 Å². The summed E-state index contributed by atoms with van der Waals surface area (Å²) in [4.78, 5) is 10.7. The van der Waals surface area contributed by atoms with Crippen molar-refractivity contribution in [3.05, 3.63) is 40.2 Å². The first-order valence-electron chi connectivity index (χ1n) is 6.10. The van der Waals surface area contributed by atoms with Gasteiger partial charge in [0.2, 0.25) is 0 Å². The molecule has 0 atom stereocenters. The Labute approximate surface area is 115 Å². The molecule has 0 aliphatic rings. The van der Waals surface area contributed by atoms with Gasteiger partial charge in [-0.2, -0.15) is 5.10 Å². The summed E-state index contributed by atoms with van der Waals surface area (Å²) in [5, 5.41) is 18.5. The molecule has 0 bridgehead atoms. The first kappa shape index (κ1) is 13.8. The first-order chi connectivity index (χ1) is 9.56. The van der Waals surface area contributed by atoms with E-state index in [0.717, 1.165) is 17.8 Å². The minimum atomic E-state index is -0.473. The largest absolute Gasteiger partial charge is 0.347 e. The molecule has 1 aromatic carbocycles. The summed E-state index contributed by atoms with van der Waals surface area (Å²) < 4.78 is 1.66. The topological polar surface area (TPSA) is 111 Å². The molecule has 0 aliphatic carbocycles. The third-order valence-electron chi connectivity index (χ3n) is 2.88. The SMILES string of the molecule is CCc1nn(C)cc1Nc1cccc(NN)c1[N+](=O)[O-]. The first-order valence-corrected chi connectivity index (χ1v) is 6.10. The van der Waals surface area contributed by atoms with Gasteiger partial charge in [0.25, 0.3) is 0 Å². The molecule has 0 spiro atoms. The second-order valence-electron chi connectivity index (χ2n) is 4.24. The van der Waals surface area contributed by atoms with E-state index in [4.69, 9.17) is 5.84 Å². The zero-order valence-electron chi connectivity index (χ0n) is 11.3. The normalized spacial score (nSPS) is 10.3. The number of aryl methyl sites for hydroxylation is 2. The van der Waals surface area contributed by atoms with Crippen LogP contribution in [0.2, 0.25) is 0 Å². The van der Waals surface area contributed by atoms with Gasteiger partial charge in [-0.25, -0.2) is 0 Å². The zero-order chi connectivity index (χ0) is 14.7. The molecule has 0 saturated carbocycles. The highest BCUT2D eigenvalue weighted by atomic mass is 16.6. The average Bonchev–Trinajstić information content (AvgIpc) is 2.78. The van der Waals surface area contributed by atoms with Gasteiger partial charge >= 0.3 is 5.69 Å². The monoisotopic (exact) mass is 276 g/mol. The second-order valence-corrected chi connectivity index (χ2v) is 4.24. The number of hydrogen-bond donors (Lipinski definition) is 3. The van der Waals surface area contributed by atoms with Gasteiger partial charge in [-0.1, -0.05) is 13.0 Å². The van der Waals surface area contributed by atoms with Crippen LogP contribution in [0.25, 0.3) is 0 Å². The number of aromatic nitrogens is 2. The Balaban J connectivity index is 2.45. The molecule has 1 aromatic heterocycles. The van der Waals surface area contributed by atoms with Crippen LogP contribution in [0.3, 0.4) is 0 Å². The van der Waals surface area contributed by atoms with Gasteiger partial charge in [-0.15, -0.1) is 0 Å². The van der Waals surface area contributed by atoms with Crippen molar-refractivity contribution in [2.75, 3.05) is 10.7 Å². The highest BCUT2D eigenvalue weighted by Crippen LogP contribution is 2.34. The molecule has 4 N–H and O–H groups in total. The van der Waals surface area contributed by atoms with E-state index in [0.29, 0.717) is 5.69 Å². The predicted octanol–water partition coefficient (Wildman–Crippen LogP) is 1.92. The summed E-state index contributed by atoms with van der Waals surface area (Å²) in [7, 11) is 1.80. The Morgan fingerprint density at radius 1 is 1.40 bits per heavy atom. The molecule has 0 amide bonds. The fraction of sp³-hybridized carbons (Fsp3) is 0.250. The van der Waals surface area contributed by atoms with Crippen molar-refractivity contribution in [2.45, 2.75) is 13.3 Å². The van der Waals surface area contributed by atoms with E-state index >= 15 is 0 Å². The number of anilines is 3. The second kappa shape index (κ2) is 5.57. The highest BCUT2D eigenvalue weighted by Gasteiger charge is 2.20. The Morgan fingerprint density at radius 2 is 2.10 bits per heavy atom. The van der Waals surface area contributed by atoms with Crippen molar-refractivity contribution in [2.24, 2.45) is 12.9 Å². The van der Waals surface area contributed by atoms with Crippen LogP contribution in [0.5, 0.6) is 0 Å². The van der Waals surface area contributed by atoms with Crippen molar-refractivity contribution in [3.63, 3.8) is 0 Å². The molecule has 20 heavy (non-hydrogen) atoms. The maximum absolute atomic E-state index is 11.2. The van der Waals surface area contributed by atoms with Crippen molar-refractivity contribution < 1.29 is 4.92 Å². The number of nitro groups is 1.